The summed E-state index contributed by atoms with van der Waals surface area (Å²) >= 11 is 0. The molecule has 1 aromatic rings. The van der Waals surface area contributed by atoms with E-state index in [1.165, 1.54) is 13.2 Å². The van der Waals surface area contributed by atoms with Gasteiger partial charge in [0, 0.05) is 11.8 Å². The van der Waals surface area contributed by atoms with Crippen molar-refractivity contribution in [1.29, 1.82) is 0 Å². The second-order valence-electron chi connectivity index (χ2n) is 2.86. The smallest absolute Gasteiger partial charge is 0.250 e. The van der Waals surface area contributed by atoms with E-state index in [9.17, 15) is 4.79 Å². The maximum absolute atomic E-state index is 11.2. The third-order valence-corrected chi connectivity index (χ3v) is 1.59. The van der Waals surface area contributed by atoms with Gasteiger partial charge in [0.2, 0.25) is 17.7 Å². The summed E-state index contributed by atoms with van der Waals surface area (Å²) < 4.78 is 4.96. The van der Waals surface area contributed by atoms with Gasteiger partial charge in [-0.05, 0) is 19.9 Å². The summed E-state index contributed by atoms with van der Waals surface area (Å²) in [6.45, 7) is 3.56. The van der Waals surface area contributed by atoms with Gasteiger partial charge >= 0.3 is 0 Å². The molecule has 0 unspecified atom stereocenters. The molecule has 0 aliphatic heterocycles. The summed E-state index contributed by atoms with van der Waals surface area (Å²) in [5.74, 6) is 0.415. The highest BCUT2D eigenvalue weighted by atomic mass is 16.5. The number of rotatable bonds is 3. The minimum Gasteiger partial charge on any atom is -0.481 e. The SMILES string of the molecule is C/C=C/C(=O)Nc1nc(C)cc(OC)n1. The van der Waals surface area contributed by atoms with E-state index in [0.29, 0.717) is 5.88 Å². The van der Waals surface area contributed by atoms with E-state index in [2.05, 4.69) is 15.3 Å². The van der Waals surface area contributed by atoms with Crippen LogP contribution in [0.4, 0.5) is 5.95 Å². The molecule has 0 bridgehead atoms. The van der Waals surface area contributed by atoms with Crippen LogP contribution in [-0.4, -0.2) is 23.0 Å². The number of hydrogen-bond donors (Lipinski definition) is 1. The number of ether oxygens (including phenoxy) is 1. The predicted octanol–water partition coefficient (Wildman–Crippen LogP) is 1.31. The molecule has 1 amide bonds. The molecule has 5 nitrogen and oxygen atoms in total. The zero-order chi connectivity index (χ0) is 11.3. The lowest BCUT2D eigenvalue weighted by Gasteiger charge is -2.04. The van der Waals surface area contributed by atoms with Crippen molar-refractivity contribution in [2.75, 3.05) is 12.4 Å². The Morgan fingerprint density at radius 3 is 2.87 bits per heavy atom. The fourth-order valence-corrected chi connectivity index (χ4v) is 1.00. The van der Waals surface area contributed by atoms with Crippen molar-refractivity contribution in [2.45, 2.75) is 13.8 Å². The van der Waals surface area contributed by atoms with E-state index in [1.807, 2.05) is 0 Å². The number of nitrogens with zero attached hydrogens (tertiary/aromatic N) is 2. The van der Waals surface area contributed by atoms with Crippen molar-refractivity contribution < 1.29 is 9.53 Å². The molecule has 1 heterocycles. The summed E-state index contributed by atoms with van der Waals surface area (Å²) in [5, 5.41) is 2.53. The number of hydrogen-bond acceptors (Lipinski definition) is 4. The number of carbonyl (C=O) groups is 1. The van der Waals surface area contributed by atoms with E-state index in [0.717, 1.165) is 5.69 Å². The standard InChI is InChI=1S/C10H13N3O2/c1-4-5-8(14)12-10-11-7(2)6-9(13-10)15-3/h4-6H,1-3H3,(H,11,12,13,14)/b5-4+. The van der Waals surface area contributed by atoms with Gasteiger partial charge in [-0.25, -0.2) is 4.98 Å². The molecule has 80 valence electrons. The summed E-state index contributed by atoms with van der Waals surface area (Å²) in [4.78, 5) is 19.2. The minimum absolute atomic E-state index is 0.245. The van der Waals surface area contributed by atoms with Crippen LogP contribution in [0, 0.1) is 6.92 Å². The fraction of sp³-hybridized carbons (Fsp3) is 0.300. The summed E-state index contributed by atoms with van der Waals surface area (Å²) in [6, 6.07) is 1.69. The van der Waals surface area contributed by atoms with Gasteiger partial charge in [-0.3, -0.25) is 10.1 Å². The van der Waals surface area contributed by atoms with Gasteiger partial charge in [-0.15, -0.1) is 0 Å². The van der Waals surface area contributed by atoms with Crippen LogP contribution in [0.5, 0.6) is 5.88 Å². The van der Waals surface area contributed by atoms with E-state index in [4.69, 9.17) is 4.74 Å². The summed E-state index contributed by atoms with van der Waals surface area (Å²) in [5.41, 5.74) is 0.734. The fourth-order valence-electron chi connectivity index (χ4n) is 1.00. The molecule has 0 saturated heterocycles. The van der Waals surface area contributed by atoms with Gasteiger partial charge in [0.15, 0.2) is 0 Å². The number of aryl methyl sites for hydroxylation is 1. The molecule has 0 aliphatic carbocycles. The molecule has 0 aliphatic rings. The summed E-state index contributed by atoms with van der Waals surface area (Å²) in [6.07, 6.45) is 3.04. The van der Waals surface area contributed by atoms with Crippen LogP contribution in [-0.2, 0) is 4.79 Å². The first-order chi connectivity index (χ1) is 7.15. The largest absolute Gasteiger partial charge is 0.481 e. The van der Waals surface area contributed by atoms with Crippen LogP contribution in [0.15, 0.2) is 18.2 Å². The number of nitrogens with one attached hydrogen (secondary N) is 1. The second kappa shape index (κ2) is 5.09. The molecule has 5 heteroatoms. The molecular weight excluding hydrogens is 194 g/mol. The molecule has 0 fully saturated rings. The van der Waals surface area contributed by atoms with Gasteiger partial charge in [-0.2, -0.15) is 4.98 Å². The average Bonchev–Trinajstić information content (AvgIpc) is 2.17. The molecule has 1 N–H and O–H groups in total. The Morgan fingerprint density at radius 1 is 1.53 bits per heavy atom. The Bertz CT molecular complexity index is 388. The van der Waals surface area contributed by atoms with Gasteiger partial charge < -0.3 is 4.74 Å². The number of aromatic nitrogens is 2. The lowest BCUT2D eigenvalue weighted by molar-refractivity contribution is -0.111. The molecule has 0 saturated carbocycles. The molecule has 0 atom stereocenters. The number of allylic oxidation sites excluding steroid dienone is 1. The lowest BCUT2D eigenvalue weighted by Crippen LogP contribution is -2.11. The molecule has 0 radical (unpaired) electrons. The molecule has 0 aromatic carbocycles. The highest BCUT2D eigenvalue weighted by molar-refractivity contribution is 5.97. The van der Waals surface area contributed by atoms with E-state index >= 15 is 0 Å². The first-order valence-electron chi connectivity index (χ1n) is 4.49. The number of anilines is 1. The van der Waals surface area contributed by atoms with E-state index in [-0.39, 0.29) is 11.9 Å². The van der Waals surface area contributed by atoms with Crippen LogP contribution < -0.4 is 10.1 Å². The maximum Gasteiger partial charge on any atom is 0.250 e. The van der Waals surface area contributed by atoms with Crippen LogP contribution in [0.1, 0.15) is 12.6 Å². The van der Waals surface area contributed by atoms with Gasteiger partial charge in [-0.1, -0.05) is 6.08 Å². The molecule has 15 heavy (non-hydrogen) atoms. The Kier molecular flexibility index (Phi) is 3.79. The Labute approximate surface area is 88.2 Å². The molecule has 1 aromatic heterocycles. The lowest BCUT2D eigenvalue weighted by atomic mass is 10.4. The monoisotopic (exact) mass is 207 g/mol. The van der Waals surface area contributed by atoms with Gasteiger partial charge in [0.1, 0.15) is 0 Å². The van der Waals surface area contributed by atoms with Crippen LogP contribution in [0.2, 0.25) is 0 Å². The average molecular weight is 207 g/mol. The third kappa shape index (κ3) is 3.38. The topological polar surface area (TPSA) is 64.1 Å². The molecular formula is C10H13N3O2. The number of amides is 1. The first kappa shape index (κ1) is 11.2. The minimum atomic E-state index is -0.259. The van der Waals surface area contributed by atoms with E-state index in [1.54, 1.807) is 26.0 Å². The first-order valence-corrected chi connectivity index (χ1v) is 4.49. The van der Waals surface area contributed by atoms with E-state index < -0.39 is 0 Å². The second-order valence-corrected chi connectivity index (χ2v) is 2.86. The normalized spacial score (nSPS) is 10.3. The number of methoxy groups -OCH3 is 1. The van der Waals surface area contributed by atoms with Gasteiger partial charge in [0.05, 0.1) is 7.11 Å². The summed E-state index contributed by atoms with van der Waals surface area (Å²) in [7, 11) is 1.51. The Balaban J connectivity index is 2.85. The van der Waals surface area contributed by atoms with Crippen LogP contribution >= 0.6 is 0 Å². The van der Waals surface area contributed by atoms with Crippen molar-refractivity contribution in [3.63, 3.8) is 0 Å². The molecule has 1 rings (SSSR count). The van der Waals surface area contributed by atoms with Crippen LogP contribution in [0.25, 0.3) is 0 Å². The van der Waals surface area contributed by atoms with Crippen LogP contribution in [0.3, 0.4) is 0 Å². The van der Waals surface area contributed by atoms with Crippen molar-refractivity contribution in [3.05, 3.63) is 23.9 Å². The van der Waals surface area contributed by atoms with Crippen molar-refractivity contribution in [3.8, 4) is 5.88 Å². The maximum atomic E-state index is 11.2. The predicted molar refractivity (Wildman–Crippen MR) is 56.8 cm³/mol. The van der Waals surface area contributed by atoms with Crippen molar-refractivity contribution >= 4 is 11.9 Å². The highest BCUT2D eigenvalue weighted by Crippen LogP contribution is 2.10. The number of carbonyl (C=O) groups excluding carboxylic acids is 1. The van der Waals surface area contributed by atoms with Crippen molar-refractivity contribution in [1.82, 2.24) is 9.97 Å². The molecule has 0 spiro atoms. The zero-order valence-corrected chi connectivity index (χ0v) is 8.94. The quantitative estimate of drug-likeness (QED) is 0.759. The Morgan fingerprint density at radius 2 is 2.27 bits per heavy atom. The zero-order valence-electron chi connectivity index (χ0n) is 8.94. The highest BCUT2D eigenvalue weighted by Gasteiger charge is 2.04. The Hall–Kier alpha value is -1.91. The van der Waals surface area contributed by atoms with Crippen molar-refractivity contribution in [2.24, 2.45) is 0 Å². The third-order valence-electron chi connectivity index (χ3n) is 1.59. The van der Waals surface area contributed by atoms with Gasteiger partial charge in [0.25, 0.3) is 0 Å².